The van der Waals surface area contributed by atoms with Gasteiger partial charge in [0, 0.05) is 5.92 Å². The number of hydrogen-bond acceptors (Lipinski definition) is 0. The molecule has 0 bridgehead atoms. The molecular formula is C11H11Cl2Si. The lowest BCUT2D eigenvalue weighted by molar-refractivity contribution is 0.815. The van der Waals surface area contributed by atoms with Crippen LogP contribution in [-0.2, 0) is 0 Å². The van der Waals surface area contributed by atoms with Crippen molar-refractivity contribution in [2.45, 2.75) is 18.4 Å². The lowest BCUT2D eigenvalue weighted by Gasteiger charge is -2.09. The first-order valence-electron chi connectivity index (χ1n) is 4.71. The normalized spacial score (nSPS) is 18.9. The van der Waals surface area contributed by atoms with Gasteiger partial charge in [-0.25, -0.2) is 0 Å². The summed E-state index contributed by atoms with van der Waals surface area (Å²) in [6, 6.07) is 9.46. The molecular weight excluding hydrogens is 231 g/mol. The van der Waals surface area contributed by atoms with Crippen molar-refractivity contribution in [3.8, 4) is 0 Å². The van der Waals surface area contributed by atoms with E-state index in [0.717, 1.165) is 12.5 Å². The Balaban J connectivity index is 2.07. The smallest absolute Gasteiger partial charge is 0.147 e. The summed E-state index contributed by atoms with van der Waals surface area (Å²) in [7, 11) is -1.11. The fraction of sp³-hybridized carbons (Fsp3) is 0.273. The third-order valence-electron chi connectivity index (χ3n) is 2.55. The van der Waals surface area contributed by atoms with Crippen LogP contribution in [0.3, 0.4) is 0 Å². The van der Waals surface area contributed by atoms with Crippen molar-refractivity contribution in [2.24, 2.45) is 0 Å². The van der Waals surface area contributed by atoms with Gasteiger partial charge in [0.2, 0.25) is 0 Å². The van der Waals surface area contributed by atoms with Crippen LogP contribution >= 0.6 is 22.2 Å². The van der Waals surface area contributed by atoms with Gasteiger partial charge in [-0.05, 0) is 23.6 Å². The molecule has 73 valence electrons. The Morgan fingerprint density at radius 3 is 2.79 bits per heavy atom. The van der Waals surface area contributed by atoms with E-state index < -0.39 is 7.42 Å². The van der Waals surface area contributed by atoms with Crippen LogP contribution in [0.1, 0.15) is 23.5 Å². The van der Waals surface area contributed by atoms with Gasteiger partial charge in [-0.3, -0.25) is 0 Å². The van der Waals surface area contributed by atoms with Crippen molar-refractivity contribution in [1.29, 1.82) is 0 Å². The highest BCUT2D eigenvalue weighted by Crippen LogP contribution is 2.33. The Kier molecular flexibility index (Phi) is 3.32. The first kappa shape index (κ1) is 10.3. The number of halogens is 2. The van der Waals surface area contributed by atoms with Gasteiger partial charge < -0.3 is 0 Å². The first-order valence-corrected chi connectivity index (χ1v) is 8.44. The van der Waals surface area contributed by atoms with Crippen LogP contribution in [0.15, 0.2) is 30.3 Å². The second-order valence-electron chi connectivity index (χ2n) is 3.47. The molecule has 1 atom stereocenters. The lowest BCUT2D eigenvalue weighted by Crippen LogP contribution is -1.98. The summed E-state index contributed by atoms with van der Waals surface area (Å²) in [5, 5.41) is 0. The SMILES string of the molecule is Cl[Si](Cl)CCC1C=Cc2ccccc21. The predicted molar refractivity (Wildman–Crippen MR) is 65.1 cm³/mol. The van der Waals surface area contributed by atoms with Gasteiger partial charge in [0.1, 0.15) is 0 Å². The molecule has 1 aliphatic carbocycles. The van der Waals surface area contributed by atoms with Crippen molar-refractivity contribution < 1.29 is 0 Å². The highest BCUT2D eigenvalue weighted by Gasteiger charge is 2.17. The van der Waals surface area contributed by atoms with Crippen molar-refractivity contribution in [2.75, 3.05) is 0 Å². The lowest BCUT2D eigenvalue weighted by atomic mass is 9.99. The van der Waals surface area contributed by atoms with Gasteiger partial charge in [-0.15, -0.1) is 22.2 Å². The summed E-state index contributed by atoms with van der Waals surface area (Å²) in [5.41, 5.74) is 2.76. The van der Waals surface area contributed by atoms with Crippen LogP contribution in [-0.4, -0.2) is 7.42 Å². The van der Waals surface area contributed by atoms with Gasteiger partial charge in [0.15, 0.2) is 0 Å². The van der Waals surface area contributed by atoms with Crippen LogP contribution in [0.25, 0.3) is 6.08 Å². The van der Waals surface area contributed by atoms with E-state index in [4.69, 9.17) is 22.2 Å². The van der Waals surface area contributed by atoms with E-state index in [2.05, 4.69) is 36.4 Å². The molecule has 1 radical (unpaired) electrons. The Hall–Kier alpha value is -0.243. The Labute approximate surface area is 95.6 Å². The first-order chi connectivity index (χ1) is 6.77. The minimum Gasteiger partial charge on any atom is -0.147 e. The monoisotopic (exact) mass is 241 g/mol. The molecule has 0 fully saturated rings. The van der Waals surface area contributed by atoms with Gasteiger partial charge in [0.25, 0.3) is 7.42 Å². The number of hydrogen-bond donors (Lipinski definition) is 0. The molecule has 0 N–H and O–H groups in total. The maximum atomic E-state index is 5.83. The Morgan fingerprint density at radius 1 is 1.21 bits per heavy atom. The second kappa shape index (κ2) is 4.52. The van der Waals surface area contributed by atoms with Crippen LogP contribution in [0.5, 0.6) is 0 Å². The number of benzene rings is 1. The topological polar surface area (TPSA) is 0 Å². The van der Waals surface area contributed by atoms with Gasteiger partial charge in [-0.1, -0.05) is 36.4 Å². The van der Waals surface area contributed by atoms with Crippen LogP contribution in [0.2, 0.25) is 6.04 Å². The van der Waals surface area contributed by atoms with E-state index in [-0.39, 0.29) is 0 Å². The second-order valence-corrected chi connectivity index (χ2v) is 7.97. The molecule has 0 saturated carbocycles. The molecule has 3 heteroatoms. The van der Waals surface area contributed by atoms with Gasteiger partial charge >= 0.3 is 0 Å². The molecule has 0 nitrogen and oxygen atoms in total. The summed E-state index contributed by atoms with van der Waals surface area (Å²) in [6.07, 6.45) is 5.52. The average Bonchev–Trinajstić information content (AvgIpc) is 2.58. The largest absolute Gasteiger partial charge is 0.273 e. The third-order valence-corrected chi connectivity index (χ3v) is 4.35. The highest BCUT2D eigenvalue weighted by atomic mass is 35.7. The van der Waals surface area contributed by atoms with E-state index in [0.29, 0.717) is 5.92 Å². The van der Waals surface area contributed by atoms with Gasteiger partial charge in [-0.2, -0.15) is 0 Å². The minimum atomic E-state index is -1.11. The maximum Gasteiger partial charge on any atom is 0.273 e. The molecule has 0 aliphatic heterocycles. The quantitative estimate of drug-likeness (QED) is 0.551. The standard InChI is InChI=1S/C11H11Cl2Si/c12-14(13)8-7-10-6-5-9-3-1-2-4-11(9)10/h1-6,10H,7-8H2. The van der Waals surface area contributed by atoms with Crippen molar-refractivity contribution in [1.82, 2.24) is 0 Å². The number of fused-ring (bicyclic) bond motifs is 1. The molecule has 0 amide bonds. The molecule has 1 aromatic rings. The zero-order valence-corrected chi connectivity index (χ0v) is 10.2. The summed E-state index contributed by atoms with van der Waals surface area (Å²) < 4.78 is 0. The van der Waals surface area contributed by atoms with Crippen LogP contribution in [0.4, 0.5) is 0 Å². The fourth-order valence-corrected chi connectivity index (χ4v) is 3.02. The molecule has 0 heterocycles. The van der Waals surface area contributed by atoms with E-state index in [9.17, 15) is 0 Å². The van der Waals surface area contributed by atoms with Crippen molar-refractivity contribution in [3.05, 3.63) is 41.5 Å². The molecule has 2 rings (SSSR count). The average molecular weight is 242 g/mol. The van der Waals surface area contributed by atoms with Crippen LogP contribution in [0, 0.1) is 0 Å². The summed E-state index contributed by atoms with van der Waals surface area (Å²) in [4.78, 5) is 0. The molecule has 1 unspecified atom stereocenters. The zero-order valence-electron chi connectivity index (χ0n) is 7.71. The summed E-state index contributed by atoms with van der Waals surface area (Å²) >= 11 is 11.7. The third kappa shape index (κ3) is 2.22. The number of rotatable bonds is 3. The fourth-order valence-electron chi connectivity index (χ4n) is 1.84. The summed E-state index contributed by atoms with van der Waals surface area (Å²) in [5.74, 6) is 0.531. The maximum absolute atomic E-state index is 5.83. The zero-order chi connectivity index (χ0) is 9.97. The van der Waals surface area contributed by atoms with E-state index in [1.54, 1.807) is 0 Å². The number of allylic oxidation sites excluding steroid dienone is 1. The molecule has 1 aromatic carbocycles. The van der Waals surface area contributed by atoms with E-state index in [1.807, 2.05) is 0 Å². The molecule has 0 saturated heterocycles. The minimum absolute atomic E-state index is 0.531. The Bertz CT molecular complexity index is 347. The highest BCUT2D eigenvalue weighted by molar-refractivity contribution is 7.33. The van der Waals surface area contributed by atoms with E-state index in [1.165, 1.54) is 11.1 Å². The predicted octanol–water partition coefficient (Wildman–Crippen LogP) is 4.15. The van der Waals surface area contributed by atoms with Crippen LogP contribution < -0.4 is 0 Å². The molecule has 0 spiro atoms. The van der Waals surface area contributed by atoms with Crippen molar-refractivity contribution in [3.63, 3.8) is 0 Å². The summed E-state index contributed by atoms with van der Waals surface area (Å²) in [6.45, 7) is 0. The molecule has 0 aromatic heterocycles. The van der Waals surface area contributed by atoms with Gasteiger partial charge in [0.05, 0.1) is 0 Å². The molecule has 14 heavy (non-hydrogen) atoms. The van der Waals surface area contributed by atoms with Crippen molar-refractivity contribution >= 4 is 35.7 Å². The molecule has 1 aliphatic rings. The van der Waals surface area contributed by atoms with E-state index >= 15 is 0 Å². The Morgan fingerprint density at radius 2 is 2.00 bits per heavy atom.